The minimum Gasteiger partial charge on any atom is -0.508 e. The molecule has 3 aromatic rings. The van der Waals surface area contributed by atoms with Crippen LogP contribution < -0.4 is 24.4 Å². The molecule has 0 fully saturated rings. The van der Waals surface area contributed by atoms with Crippen LogP contribution in [0, 0.1) is 0 Å². The van der Waals surface area contributed by atoms with Crippen molar-refractivity contribution < 1.29 is 24.1 Å². The van der Waals surface area contributed by atoms with Crippen LogP contribution in [0.3, 0.4) is 0 Å². The fourth-order valence-corrected chi connectivity index (χ4v) is 4.93. The Kier molecular flexibility index (Phi) is 7.17. The normalized spacial score (nSPS) is 14.5. The number of fused-ring (bicyclic) bond motifs is 3. The van der Waals surface area contributed by atoms with Crippen molar-refractivity contribution in [1.29, 1.82) is 0 Å². The molecule has 1 aliphatic rings. The quantitative estimate of drug-likeness (QED) is 0.534. The first-order chi connectivity index (χ1) is 16.9. The molecule has 7 nitrogen and oxygen atoms in total. The average Bonchev–Trinajstić information content (AvgIpc) is 3.11. The van der Waals surface area contributed by atoms with Crippen molar-refractivity contribution >= 4 is 0 Å². The van der Waals surface area contributed by atoms with E-state index in [0.29, 0.717) is 23.8 Å². The number of aryl methyl sites for hydroxylation is 1. The third-order valence-electron chi connectivity index (χ3n) is 6.63. The molecule has 1 aliphatic carbocycles. The molecule has 0 unspecified atom stereocenters. The molecular formula is C28H31NO6. The highest BCUT2D eigenvalue weighted by molar-refractivity contribution is 5.82. The monoisotopic (exact) mass is 477 g/mol. The maximum atomic E-state index is 13.0. The van der Waals surface area contributed by atoms with E-state index in [2.05, 4.69) is 4.90 Å². The summed E-state index contributed by atoms with van der Waals surface area (Å²) in [6, 6.07) is 14.4. The first kappa shape index (κ1) is 24.4. The summed E-state index contributed by atoms with van der Waals surface area (Å²) in [4.78, 5) is 15.2. The van der Waals surface area contributed by atoms with Gasteiger partial charge in [0.1, 0.15) is 5.75 Å². The highest BCUT2D eigenvalue weighted by atomic mass is 16.5. The summed E-state index contributed by atoms with van der Waals surface area (Å²) in [5, 5.41) is 10.3. The van der Waals surface area contributed by atoms with Crippen molar-refractivity contribution in [2.75, 3.05) is 35.5 Å². The SMILES string of the molecule is COc1cc2c(c(OC)c1OC)-c1ccc(OC)c(=O)cc1[C@H](N(C)Cc1ccccc1O)CC2. The van der Waals surface area contributed by atoms with Crippen molar-refractivity contribution in [3.63, 3.8) is 0 Å². The van der Waals surface area contributed by atoms with Crippen molar-refractivity contribution in [3.8, 4) is 39.9 Å². The number of hydrogen-bond donors (Lipinski definition) is 1. The predicted octanol–water partition coefficient (Wildman–Crippen LogP) is 4.57. The fraction of sp³-hybridized carbons (Fsp3) is 0.321. The number of benzene rings is 2. The molecule has 3 aromatic carbocycles. The topological polar surface area (TPSA) is 77.5 Å². The maximum absolute atomic E-state index is 13.0. The van der Waals surface area contributed by atoms with Gasteiger partial charge in [-0.25, -0.2) is 0 Å². The predicted molar refractivity (Wildman–Crippen MR) is 135 cm³/mol. The van der Waals surface area contributed by atoms with Crippen molar-refractivity contribution in [3.05, 3.63) is 75.4 Å². The lowest BCUT2D eigenvalue weighted by Crippen LogP contribution is -2.25. The summed E-state index contributed by atoms with van der Waals surface area (Å²) in [6.45, 7) is 0.515. The number of aromatic hydroxyl groups is 1. The van der Waals surface area contributed by atoms with Gasteiger partial charge in [-0.3, -0.25) is 9.69 Å². The molecule has 0 aliphatic heterocycles. The van der Waals surface area contributed by atoms with Crippen LogP contribution in [-0.4, -0.2) is 45.5 Å². The number of phenolic OH excluding ortho intramolecular Hbond substituents is 1. The van der Waals surface area contributed by atoms with Gasteiger partial charge in [0.2, 0.25) is 11.2 Å². The lowest BCUT2D eigenvalue weighted by Gasteiger charge is -2.28. The summed E-state index contributed by atoms with van der Waals surface area (Å²) in [7, 11) is 8.28. The molecule has 4 rings (SSSR count). The zero-order valence-corrected chi connectivity index (χ0v) is 20.8. The van der Waals surface area contributed by atoms with Crippen LogP contribution in [0.2, 0.25) is 0 Å². The van der Waals surface area contributed by atoms with Crippen LogP contribution in [0.4, 0.5) is 0 Å². The van der Waals surface area contributed by atoms with Crippen LogP contribution in [0.5, 0.6) is 28.7 Å². The van der Waals surface area contributed by atoms with Crippen molar-refractivity contribution in [1.82, 2.24) is 4.90 Å². The number of rotatable bonds is 7. The van der Waals surface area contributed by atoms with E-state index in [4.69, 9.17) is 18.9 Å². The highest BCUT2D eigenvalue weighted by Crippen LogP contribution is 2.51. The third kappa shape index (κ3) is 4.51. The van der Waals surface area contributed by atoms with E-state index in [1.807, 2.05) is 31.3 Å². The zero-order valence-electron chi connectivity index (χ0n) is 20.8. The summed E-state index contributed by atoms with van der Waals surface area (Å²) in [6.07, 6.45) is 1.47. The smallest absolute Gasteiger partial charge is 0.220 e. The van der Waals surface area contributed by atoms with Gasteiger partial charge < -0.3 is 24.1 Å². The van der Waals surface area contributed by atoms with E-state index in [1.54, 1.807) is 45.6 Å². The largest absolute Gasteiger partial charge is 0.508 e. The van der Waals surface area contributed by atoms with E-state index in [-0.39, 0.29) is 23.0 Å². The van der Waals surface area contributed by atoms with Gasteiger partial charge in [0.05, 0.1) is 28.4 Å². The molecular weight excluding hydrogens is 446 g/mol. The summed E-state index contributed by atoms with van der Waals surface area (Å²) in [5.74, 6) is 2.16. The minimum atomic E-state index is -0.197. The number of methoxy groups -OCH3 is 4. The van der Waals surface area contributed by atoms with Crippen LogP contribution in [0.15, 0.2) is 53.3 Å². The average molecular weight is 478 g/mol. The van der Waals surface area contributed by atoms with Crippen molar-refractivity contribution in [2.45, 2.75) is 25.4 Å². The van der Waals surface area contributed by atoms with Gasteiger partial charge in [0.15, 0.2) is 17.2 Å². The first-order valence-corrected chi connectivity index (χ1v) is 11.4. The second-order valence-corrected chi connectivity index (χ2v) is 8.56. The Labute approximate surface area is 205 Å². The molecule has 0 radical (unpaired) electrons. The van der Waals surface area contributed by atoms with Gasteiger partial charge in [-0.15, -0.1) is 0 Å². The molecule has 0 spiro atoms. The van der Waals surface area contributed by atoms with E-state index in [0.717, 1.165) is 40.7 Å². The number of para-hydroxylation sites is 1. The Morgan fingerprint density at radius 3 is 2.29 bits per heavy atom. The summed E-state index contributed by atoms with van der Waals surface area (Å²) < 4.78 is 22.5. The standard InChI is InChI=1S/C28H31NO6/c1-29(16-18-8-6-7-9-22(18)30)21-12-10-17-14-25(33-3)27(34-4)28(35-5)26(17)19-11-13-24(32-2)23(31)15-20(19)21/h6-9,11,13-15,21,30H,10,12,16H2,1-5H3/t21-/m1/s1. The first-order valence-electron chi connectivity index (χ1n) is 11.4. The second-order valence-electron chi connectivity index (χ2n) is 8.56. The Balaban J connectivity index is 1.96. The molecule has 7 heteroatoms. The lowest BCUT2D eigenvalue weighted by atomic mass is 9.95. The van der Waals surface area contributed by atoms with Gasteiger partial charge in [0, 0.05) is 23.7 Å². The number of nitrogens with zero attached hydrogens (tertiary/aromatic N) is 1. The Morgan fingerprint density at radius 2 is 1.63 bits per heavy atom. The van der Waals surface area contributed by atoms with Crippen LogP contribution in [0.25, 0.3) is 11.1 Å². The van der Waals surface area contributed by atoms with E-state index >= 15 is 0 Å². The molecule has 0 amide bonds. The molecule has 0 heterocycles. The number of phenols is 1. The van der Waals surface area contributed by atoms with Gasteiger partial charge in [-0.05, 0) is 60.8 Å². The Hall–Kier alpha value is -3.71. The van der Waals surface area contributed by atoms with Crippen LogP contribution >= 0.6 is 0 Å². The maximum Gasteiger partial charge on any atom is 0.220 e. The Morgan fingerprint density at radius 1 is 0.914 bits per heavy atom. The number of ether oxygens (including phenoxy) is 4. The van der Waals surface area contributed by atoms with Crippen LogP contribution in [-0.2, 0) is 13.0 Å². The molecule has 1 N–H and O–H groups in total. The molecule has 0 aromatic heterocycles. The Bertz CT molecular complexity index is 1290. The summed E-state index contributed by atoms with van der Waals surface area (Å²) in [5.41, 5.74) is 4.26. The van der Waals surface area contributed by atoms with E-state index in [1.165, 1.54) is 7.11 Å². The lowest BCUT2D eigenvalue weighted by molar-refractivity contribution is 0.223. The summed E-state index contributed by atoms with van der Waals surface area (Å²) >= 11 is 0. The molecule has 0 bridgehead atoms. The fourth-order valence-electron chi connectivity index (χ4n) is 4.93. The van der Waals surface area contributed by atoms with Crippen LogP contribution in [0.1, 0.15) is 29.2 Å². The van der Waals surface area contributed by atoms with Gasteiger partial charge in [-0.1, -0.05) is 24.3 Å². The van der Waals surface area contributed by atoms with E-state index in [9.17, 15) is 9.90 Å². The zero-order chi connectivity index (χ0) is 25.1. The van der Waals surface area contributed by atoms with Gasteiger partial charge >= 0.3 is 0 Å². The molecule has 184 valence electrons. The molecule has 1 atom stereocenters. The molecule has 0 saturated carbocycles. The second kappa shape index (κ2) is 10.3. The minimum absolute atomic E-state index is 0.108. The van der Waals surface area contributed by atoms with E-state index < -0.39 is 0 Å². The molecule has 0 saturated heterocycles. The third-order valence-corrected chi connectivity index (χ3v) is 6.63. The van der Waals surface area contributed by atoms with Gasteiger partial charge in [0.25, 0.3) is 0 Å². The van der Waals surface area contributed by atoms with Crippen molar-refractivity contribution in [2.24, 2.45) is 0 Å². The highest BCUT2D eigenvalue weighted by Gasteiger charge is 2.31. The number of hydrogen-bond acceptors (Lipinski definition) is 7. The molecule has 35 heavy (non-hydrogen) atoms. The van der Waals surface area contributed by atoms with Gasteiger partial charge in [-0.2, -0.15) is 0 Å².